The average molecular weight is 392 g/mol. The summed E-state index contributed by atoms with van der Waals surface area (Å²) in [5, 5.41) is 3.46. The minimum Gasteiger partial charge on any atom is -0.491 e. The van der Waals surface area contributed by atoms with Crippen molar-refractivity contribution in [2.45, 2.75) is 31.6 Å². The zero-order valence-electron chi connectivity index (χ0n) is 15.1. The van der Waals surface area contributed by atoms with Crippen molar-refractivity contribution in [2.24, 2.45) is 0 Å². The van der Waals surface area contributed by atoms with Crippen molar-refractivity contribution < 1.29 is 27.1 Å². The number of hydrogen-bond acceptors (Lipinski definition) is 4. The largest absolute Gasteiger partial charge is 0.491 e. The summed E-state index contributed by atoms with van der Waals surface area (Å²) >= 11 is 0. The molecule has 0 saturated carbocycles. The first-order valence-electron chi connectivity index (χ1n) is 8.97. The zero-order chi connectivity index (χ0) is 19.9. The number of aryl methyl sites for hydroxylation is 1. The van der Waals surface area contributed by atoms with Gasteiger partial charge in [0.2, 0.25) is 5.91 Å². The summed E-state index contributed by atoms with van der Waals surface area (Å²) in [4.78, 5) is 13.2. The Bertz CT molecular complexity index is 961. The van der Waals surface area contributed by atoms with Gasteiger partial charge in [0, 0.05) is 11.9 Å². The molecule has 0 bridgehead atoms. The summed E-state index contributed by atoms with van der Waals surface area (Å²) in [6.45, 7) is 2.18. The minimum absolute atomic E-state index is 0.0178. The van der Waals surface area contributed by atoms with Gasteiger partial charge in [-0.2, -0.15) is 13.2 Å². The second-order valence-corrected chi connectivity index (χ2v) is 6.87. The second kappa shape index (κ2) is 6.92. The Hall–Kier alpha value is -2.90. The molecule has 148 valence electrons. The van der Waals surface area contributed by atoms with Crippen LogP contribution < -0.4 is 10.1 Å². The molecule has 3 heterocycles. The van der Waals surface area contributed by atoms with Gasteiger partial charge in [-0.05, 0) is 43.7 Å². The van der Waals surface area contributed by atoms with Crippen LogP contribution in [-0.4, -0.2) is 42.2 Å². The van der Waals surface area contributed by atoms with Crippen molar-refractivity contribution in [1.82, 2.24) is 10.2 Å². The topological polar surface area (TPSA) is 54.7 Å². The summed E-state index contributed by atoms with van der Waals surface area (Å²) < 4.78 is 52.0. The fourth-order valence-electron chi connectivity index (χ4n) is 3.68. The van der Waals surface area contributed by atoms with Crippen LogP contribution in [0.15, 0.2) is 52.6 Å². The first-order chi connectivity index (χ1) is 13.3. The number of nitrogens with one attached hydrogen (secondary N) is 1. The summed E-state index contributed by atoms with van der Waals surface area (Å²) in [7, 11) is 0. The summed E-state index contributed by atoms with van der Waals surface area (Å²) in [6, 6.07) is 5.54. The number of fused-ring (bicyclic) bond motifs is 1. The lowest BCUT2D eigenvalue weighted by Gasteiger charge is -2.39. The molecule has 1 saturated heterocycles. The van der Waals surface area contributed by atoms with Crippen LogP contribution in [0.25, 0.3) is 11.0 Å². The number of carbonyl (C=O) groups excluding carboxylic acids is 1. The zero-order valence-corrected chi connectivity index (χ0v) is 15.1. The molecule has 2 atom stereocenters. The number of alkyl halides is 3. The number of rotatable bonds is 4. The van der Waals surface area contributed by atoms with E-state index in [0.29, 0.717) is 24.3 Å². The molecule has 2 unspecified atom stereocenters. The molecule has 1 fully saturated rings. The maximum atomic E-state index is 13.6. The molecule has 4 rings (SSSR count). The number of allylic oxidation sites excluding steroid dienone is 3. The van der Waals surface area contributed by atoms with E-state index in [-0.39, 0.29) is 6.61 Å². The molecule has 0 radical (unpaired) electrons. The molecule has 1 N–H and O–H groups in total. The Labute approximate surface area is 159 Å². The van der Waals surface area contributed by atoms with Crippen molar-refractivity contribution in [3.63, 3.8) is 0 Å². The second-order valence-electron chi connectivity index (χ2n) is 6.87. The summed E-state index contributed by atoms with van der Waals surface area (Å²) in [5.41, 5.74) is -0.111. The van der Waals surface area contributed by atoms with Gasteiger partial charge in [-0.15, -0.1) is 0 Å². The Kier molecular flexibility index (Phi) is 4.56. The van der Waals surface area contributed by atoms with Gasteiger partial charge in [-0.3, -0.25) is 4.79 Å². The first-order valence-corrected chi connectivity index (χ1v) is 8.97. The predicted octanol–water partition coefficient (Wildman–Crippen LogP) is 3.70. The normalized spacial score (nSPS) is 22.5. The van der Waals surface area contributed by atoms with E-state index < -0.39 is 29.9 Å². The molecule has 2 aliphatic heterocycles. The monoisotopic (exact) mass is 392 g/mol. The third-order valence-electron chi connectivity index (χ3n) is 4.90. The molecule has 0 spiro atoms. The molecule has 2 aromatic rings. The third kappa shape index (κ3) is 3.46. The SMILES string of the molecule is Cc1cc2cc(OCC3C=CC=C(C(F)(F)F)N3C3CCNC3=O)ccc2o1. The molecule has 8 heteroatoms. The fraction of sp³-hybridized carbons (Fsp3) is 0.350. The third-order valence-corrected chi connectivity index (χ3v) is 4.90. The molecule has 5 nitrogen and oxygen atoms in total. The van der Waals surface area contributed by atoms with E-state index in [2.05, 4.69) is 5.32 Å². The highest BCUT2D eigenvalue weighted by Crippen LogP contribution is 2.35. The van der Waals surface area contributed by atoms with E-state index >= 15 is 0 Å². The highest BCUT2D eigenvalue weighted by molar-refractivity contribution is 5.84. The Balaban J connectivity index is 1.56. The van der Waals surface area contributed by atoms with Crippen molar-refractivity contribution in [1.29, 1.82) is 0 Å². The van der Waals surface area contributed by atoms with E-state index in [4.69, 9.17) is 9.15 Å². The van der Waals surface area contributed by atoms with E-state index in [1.165, 1.54) is 6.08 Å². The van der Waals surface area contributed by atoms with E-state index in [1.807, 2.05) is 13.0 Å². The Morgan fingerprint density at radius 1 is 1.32 bits per heavy atom. The van der Waals surface area contributed by atoms with Gasteiger partial charge in [0.05, 0.1) is 6.04 Å². The molecular weight excluding hydrogens is 373 g/mol. The molecule has 0 aliphatic carbocycles. The van der Waals surface area contributed by atoms with E-state index in [1.54, 1.807) is 24.3 Å². The summed E-state index contributed by atoms with van der Waals surface area (Å²) in [5.74, 6) is 0.895. The van der Waals surface area contributed by atoms with E-state index in [9.17, 15) is 18.0 Å². The van der Waals surface area contributed by atoms with Gasteiger partial charge in [0.1, 0.15) is 35.4 Å². The maximum absolute atomic E-state index is 13.6. The van der Waals surface area contributed by atoms with Crippen molar-refractivity contribution in [3.05, 3.63) is 54.0 Å². The molecular formula is C20H19F3N2O3. The van der Waals surface area contributed by atoms with Gasteiger partial charge < -0.3 is 19.4 Å². The summed E-state index contributed by atoms with van der Waals surface area (Å²) in [6.07, 6.45) is -0.247. The highest BCUT2D eigenvalue weighted by atomic mass is 19.4. The fourth-order valence-corrected chi connectivity index (χ4v) is 3.68. The number of halogens is 3. The number of carbonyl (C=O) groups is 1. The van der Waals surface area contributed by atoms with Crippen LogP contribution in [0.2, 0.25) is 0 Å². The van der Waals surface area contributed by atoms with Crippen LogP contribution >= 0.6 is 0 Å². The molecule has 2 aliphatic rings. The molecule has 1 amide bonds. The number of nitrogens with zero attached hydrogens (tertiary/aromatic N) is 1. The number of amides is 1. The quantitative estimate of drug-likeness (QED) is 0.862. The molecule has 28 heavy (non-hydrogen) atoms. The van der Waals surface area contributed by atoms with Crippen LogP contribution in [0.5, 0.6) is 5.75 Å². The number of benzene rings is 1. The van der Waals surface area contributed by atoms with Crippen LogP contribution in [0.3, 0.4) is 0 Å². The van der Waals surface area contributed by atoms with Gasteiger partial charge in [-0.1, -0.05) is 12.2 Å². The van der Waals surface area contributed by atoms with Gasteiger partial charge in [0.25, 0.3) is 0 Å². The van der Waals surface area contributed by atoms with Crippen LogP contribution in [-0.2, 0) is 4.79 Å². The lowest BCUT2D eigenvalue weighted by molar-refractivity contribution is -0.132. The smallest absolute Gasteiger partial charge is 0.431 e. The number of hydrogen-bond donors (Lipinski definition) is 1. The standard InChI is InChI=1S/C20H19F3N2O3/c1-12-9-13-10-15(5-6-17(13)28-12)27-11-14-3-2-4-18(20(21,22)23)25(14)16-7-8-24-19(16)26/h2-6,9-10,14,16H,7-8,11H2,1H3,(H,24,26). The van der Waals surface area contributed by atoms with Gasteiger partial charge >= 0.3 is 6.18 Å². The average Bonchev–Trinajstić information content (AvgIpc) is 3.22. The first kappa shape index (κ1) is 18.5. The molecule has 1 aromatic carbocycles. The van der Waals surface area contributed by atoms with Gasteiger partial charge in [-0.25, -0.2) is 0 Å². The lowest BCUT2D eigenvalue weighted by Crippen LogP contribution is -2.51. The van der Waals surface area contributed by atoms with Crippen molar-refractivity contribution in [3.8, 4) is 5.75 Å². The minimum atomic E-state index is -4.56. The van der Waals surface area contributed by atoms with Gasteiger partial charge in [0.15, 0.2) is 0 Å². The number of furan rings is 1. The van der Waals surface area contributed by atoms with Crippen LogP contribution in [0, 0.1) is 6.92 Å². The van der Waals surface area contributed by atoms with Crippen LogP contribution in [0.4, 0.5) is 13.2 Å². The lowest BCUT2D eigenvalue weighted by atomic mass is 10.0. The Morgan fingerprint density at radius 3 is 2.86 bits per heavy atom. The predicted molar refractivity (Wildman–Crippen MR) is 96.8 cm³/mol. The van der Waals surface area contributed by atoms with Crippen LogP contribution in [0.1, 0.15) is 12.2 Å². The van der Waals surface area contributed by atoms with Crippen molar-refractivity contribution >= 4 is 16.9 Å². The van der Waals surface area contributed by atoms with E-state index in [0.717, 1.165) is 22.1 Å². The number of ether oxygens (including phenoxy) is 1. The maximum Gasteiger partial charge on any atom is 0.431 e. The highest BCUT2D eigenvalue weighted by Gasteiger charge is 2.46. The molecule has 1 aromatic heterocycles. The Morgan fingerprint density at radius 2 is 2.14 bits per heavy atom. The van der Waals surface area contributed by atoms with Crippen molar-refractivity contribution in [2.75, 3.05) is 13.2 Å².